The Kier molecular flexibility index (Phi) is 5.81. The summed E-state index contributed by atoms with van der Waals surface area (Å²) in [4.78, 5) is 6.16. The van der Waals surface area contributed by atoms with Crippen molar-refractivity contribution >= 4 is 28.8 Å². The van der Waals surface area contributed by atoms with E-state index in [0.29, 0.717) is 16.2 Å². The highest BCUT2D eigenvalue weighted by Gasteiger charge is 2.21. The summed E-state index contributed by atoms with van der Waals surface area (Å²) in [6, 6.07) is 0.565. The van der Waals surface area contributed by atoms with E-state index in [1.165, 1.54) is 19.4 Å². The number of hydrogen-bond acceptors (Lipinski definition) is 5. The van der Waals surface area contributed by atoms with Gasteiger partial charge in [-0.15, -0.1) is 0 Å². The fraction of sp³-hybridized carbons (Fsp3) is 0.750. The van der Waals surface area contributed by atoms with Crippen molar-refractivity contribution in [3.8, 4) is 0 Å². The lowest BCUT2D eigenvalue weighted by Gasteiger charge is -2.22. The molecule has 0 amide bonds. The van der Waals surface area contributed by atoms with Crippen molar-refractivity contribution in [2.24, 2.45) is 5.73 Å². The van der Waals surface area contributed by atoms with E-state index in [1.807, 2.05) is 0 Å². The molecule has 0 radical (unpaired) electrons. The van der Waals surface area contributed by atoms with Gasteiger partial charge in [-0.25, -0.2) is 0 Å². The highest BCUT2D eigenvalue weighted by Crippen LogP contribution is 2.27. The molecule has 0 spiro atoms. The number of halogens is 2. The molecule has 1 fully saturated rings. The predicted octanol–water partition coefficient (Wildman–Crippen LogP) is 2.55. The molecule has 0 aliphatic carbocycles. The quantitative estimate of drug-likeness (QED) is 0.760. The highest BCUT2D eigenvalue weighted by atomic mass is 35.5. The van der Waals surface area contributed by atoms with Gasteiger partial charge >= 0.3 is 0 Å². The topological polar surface area (TPSA) is 54.2 Å². The van der Waals surface area contributed by atoms with Gasteiger partial charge in [-0.1, -0.05) is 22.9 Å². The van der Waals surface area contributed by atoms with Gasteiger partial charge in [0.05, 0.1) is 0 Å². The van der Waals surface area contributed by atoms with Crippen LogP contribution in [0.5, 0.6) is 0 Å². The average molecular weight is 307 g/mol. The van der Waals surface area contributed by atoms with Crippen molar-refractivity contribution in [3.63, 3.8) is 0 Å². The molecule has 108 valence electrons. The summed E-state index contributed by atoms with van der Waals surface area (Å²) in [5.41, 5.74) is 5.74. The first-order valence-corrected chi connectivity index (χ1v) is 7.90. The van der Waals surface area contributed by atoms with Gasteiger partial charge in [-0.3, -0.25) is 4.90 Å². The molecule has 1 saturated heterocycles. The summed E-state index contributed by atoms with van der Waals surface area (Å²) in [5, 5.41) is 2.58. The molecule has 1 aliphatic rings. The Bertz CT molecular complexity index is 401. The van der Waals surface area contributed by atoms with Gasteiger partial charge in [0.1, 0.15) is 4.34 Å². The van der Waals surface area contributed by atoms with Crippen molar-refractivity contribution in [1.29, 1.82) is 0 Å². The van der Waals surface area contributed by atoms with E-state index in [-0.39, 0.29) is 0 Å². The van der Waals surface area contributed by atoms with Crippen LogP contribution in [-0.2, 0) is 0 Å². The van der Waals surface area contributed by atoms with Crippen LogP contribution < -0.4 is 11.1 Å². The molecule has 1 aromatic heterocycles. The smallest absolute Gasteiger partial charge is 0.272 e. The van der Waals surface area contributed by atoms with Gasteiger partial charge in [0.2, 0.25) is 0 Å². The third kappa shape index (κ3) is 4.27. The SMILES string of the molecule is NC[C@H]1CCCN1CCCCNc1nc(F)sc1Cl. The van der Waals surface area contributed by atoms with Crippen LogP contribution in [0.4, 0.5) is 10.2 Å². The Hall–Kier alpha value is -0.430. The molecule has 2 heterocycles. The molecule has 1 aromatic rings. The monoisotopic (exact) mass is 306 g/mol. The van der Waals surface area contributed by atoms with E-state index in [1.54, 1.807) is 0 Å². The number of likely N-dealkylation sites (tertiary alicyclic amines) is 1. The molecule has 7 heteroatoms. The predicted molar refractivity (Wildman–Crippen MR) is 78.5 cm³/mol. The molecule has 4 nitrogen and oxygen atoms in total. The molecular formula is C12H20ClFN4S. The van der Waals surface area contributed by atoms with E-state index in [9.17, 15) is 4.39 Å². The number of nitrogens with zero attached hydrogens (tertiary/aromatic N) is 2. The van der Waals surface area contributed by atoms with Crippen LogP contribution in [0.2, 0.25) is 4.34 Å². The van der Waals surface area contributed by atoms with Gasteiger partial charge in [0.15, 0.2) is 5.82 Å². The lowest BCUT2D eigenvalue weighted by atomic mass is 10.2. The summed E-state index contributed by atoms with van der Waals surface area (Å²) < 4.78 is 13.2. The molecule has 19 heavy (non-hydrogen) atoms. The van der Waals surface area contributed by atoms with Crippen molar-refractivity contribution in [3.05, 3.63) is 9.60 Å². The number of thiazole rings is 1. The lowest BCUT2D eigenvalue weighted by molar-refractivity contribution is 0.254. The van der Waals surface area contributed by atoms with Gasteiger partial charge in [-0.2, -0.15) is 9.37 Å². The van der Waals surface area contributed by atoms with Gasteiger partial charge in [0.25, 0.3) is 5.26 Å². The normalized spacial score (nSPS) is 20.1. The van der Waals surface area contributed by atoms with Gasteiger partial charge in [-0.05, 0) is 38.8 Å². The second-order valence-corrected chi connectivity index (χ2v) is 6.34. The fourth-order valence-electron chi connectivity index (χ4n) is 2.49. The van der Waals surface area contributed by atoms with Gasteiger partial charge < -0.3 is 11.1 Å². The zero-order valence-electron chi connectivity index (χ0n) is 10.9. The minimum atomic E-state index is -0.490. The number of hydrogen-bond donors (Lipinski definition) is 2. The number of unbranched alkanes of at least 4 members (excludes halogenated alkanes) is 1. The van der Waals surface area contributed by atoms with Gasteiger partial charge in [0, 0.05) is 19.1 Å². The number of nitrogens with two attached hydrogens (primary N) is 1. The van der Waals surface area contributed by atoms with Crippen LogP contribution in [0.25, 0.3) is 0 Å². The summed E-state index contributed by atoms with van der Waals surface area (Å²) in [7, 11) is 0. The van der Waals surface area contributed by atoms with E-state index in [0.717, 1.165) is 43.8 Å². The molecule has 0 bridgehead atoms. The first-order valence-electron chi connectivity index (χ1n) is 6.70. The second kappa shape index (κ2) is 7.38. The van der Waals surface area contributed by atoms with Crippen LogP contribution in [0.1, 0.15) is 25.7 Å². The summed E-state index contributed by atoms with van der Waals surface area (Å²) in [6.07, 6.45) is 4.60. The van der Waals surface area contributed by atoms with Crippen LogP contribution >= 0.6 is 22.9 Å². The molecule has 1 aliphatic heterocycles. The Balaban J connectivity index is 1.61. The van der Waals surface area contributed by atoms with Crippen molar-refractivity contribution in [1.82, 2.24) is 9.88 Å². The van der Waals surface area contributed by atoms with E-state index >= 15 is 0 Å². The standard InChI is InChI=1S/C12H20ClFN4S/c13-10-11(17-12(14)19-10)16-5-1-2-6-18-7-3-4-9(18)8-15/h9,16H,1-8,15H2/t9-/m1/s1. The summed E-state index contributed by atoms with van der Waals surface area (Å²) >= 11 is 6.69. The van der Waals surface area contributed by atoms with Crippen LogP contribution in [0.3, 0.4) is 0 Å². The molecule has 0 unspecified atom stereocenters. The van der Waals surface area contributed by atoms with Crippen molar-refractivity contribution < 1.29 is 4.39 Å². The summed E-state index contributed by atoms with van der Waals surface area (Å²) in [5.74, 6) is 0.463. The zero-order valence-corrected chi connectivity index (χ0v) is 12.4. The maximum atomic E-state index is 12.8. The second-order valence-electron chi connectivity index (χ2n) is 4.79. The number of anilines is 1. The first-order chi connectivity index (χ1) is 9.20. The fourth-order valence-corrected chi connectivity index (χ4v) is 3.29. The maximum absolute atomic E-state index is 12.8. The first kappa shape index (κ1) is 15.0. The summed E-state index contributed by atoms with van der Waals surface area (Å²) in [6.45, 7) is 3.77. The average Bonchev–Trinajstić information content (AvgIpc) is 2.95. The van der Waals surface area contributed by atoms with E-state index in [2.05, 4.69) is 15.2 Å². The van der Waals surface area contributed by atoms with E-state index < -0.39 is 5.26 Å². The molecule has 1 atom stereocenters. The molecule has 0 saturated carbocycles. The molecule has 0 aromatic carbocycles. The number of nitrogens with one attached hydrogen (secondary N) is 1. The number of aromatic nitrogens is 1. The zero-order chi connectivity index (χ0) is 13.7. The molecule has 3 N–H and O–H groups in total. The Morgan fingerprint density at radius 3 is 3.05 bits per heavy atom. The minimum Gasteiger partial charge on any atom is -0.368 e. The van der Waals surface area contributed by atoms with Crippen LogP contribution in [0, 0.1) is 5.26 Å². The highest BCUT2D eigenvalue weighted by molar-refractivity contribution is 7.15. The molecule has 2 rings (SSSR count). The van der Waals surface area contributed by atoms with Crippen LogP contribution in [-0.4, -0.2) is 42.1 Å². The third-order valence-corrected chi connectivity index (χ3v) is 4.54. The minimum absolute atomic E-state index is 0.389. The maximum Gasteiger partial charge on any atom is 0.272 e. The Morgan fingerprint density at radius 2 is 2.37 bits per heavy atom. The molecular weight excluding hydrogens is 287 g/mol. The third-order valence-electron chi connectivity index (χ3n) is 3.50. The lowest BCUT2D eigenvalue weighted by Crippen LogP contribution is -2.36. The largest absolute Gasteiger partial charge is 0.368 e. The van der Waals surface area contributed by atoms with Crippen molar-refractivity contribution in [2.75, 3.05) is 31.5 Å². The Morgan fingerprint density at radius 1 is 1.53 bits per heavy atom. The van der Waals surface area contributed by atoms with Crippen molar-refractivity contribution in [2.45, 2.75) is 31.7 Å². The van der Waals surface area contributed by atoms with E-state index in [4.69, 9.17) is 17.3 Å². The Labute approximate surface area is 122 Å². The number of rotatable bonds is 7. The van der Waals surface area contributed by atoms with Crippen LogP contribution in [0.15, 0.2) is 0 Å².